The Kier molecular flexibility index (Phi) is 8.12. The number of hydrogen-bond donors (Lipinski definition) is 1. The maximum Gasteiger partial charge on any atom is 0.319 e. The molecule has 0 bridgehead atoms. The number of anilines is 2. The van der Waals surface area contributed by atoms with Crippen LogP contribution in [0.15, 0.2) is 30.9 Å². The Bertz CT molecular complexity index is 2040. The van der Waals surface area contributed by atoms with Crippen LogP contribution in [0.25, 0.3) is 37.0 Å². The second-order valence-electron chi connectivity index (χ2n) is 12.5. The number of aromatic nitrogens is 2. The van der Waals surface area contributed by atoms with Crippen molar-refractivity contribution >= 4 is 66.3 Å². The zero-order valence-electron chi connectivity index (χ0n) is 25.8. The van der Waals surface area contributed by atoms with E-state index >= 15 is 8.78 Å². The lowest BCUT2D eigenvalue weighted by Crippen LogP contribution is -2.43. The topological polar surface area (TPSA) is 92.2 Å². The smallest absolute Gasteiger partial charge is 0.319 e. The van der Waals surface area contributed by atoms with E-state index in [1.54, 1.807) is 7.05 Å². The Balaban J connectivity index is 1.38. The van der Waals surface area contributed by atoms with Crippen molar-refractivity contribution in [2.75, 3.05) is 50.5 Å². The lowest BCUT2D eigenvalue weighted by atomic mass is 9.95. The van der Waals surface area contributed by atoms with Gasteiger partial charge in [-0.1, -0.05) is 24.2 Å². The molecule has 2 aromatic heterocycles. The summed E-state index contributed by atoms with van der Waals surface area (Å²) in [5, 5.41) is 0.245. The number of hydrogen-bond acceptors (Lipinski definition) is 8. The molecule has 3 fully saturated rings. The SMILES string of the molecule is [C-]#[N+]c1c(N)sc2c(F)ccc(-c3c(Cl)cc4c(N(C)C5CN(C(=O)C=C)CC5F)nc(OCC56CCCN5CC(F)C6)nc4c3F)c12. The molecule has 4 aromatic rings. The molecular formula is C33H30ClF4N7O2S. The number of nitrogens with zero attached hydrogens (tertiary/aromatic N) is 6. The Labute approximate surface area is 282 Å². The lowest BCUT2D eigenvalue weighted by molar-refractivity contribution is -0.125. The first-order chi connectivity index (χ1) is 23.0. The van der Waals surface area contributed by atoms with Crippen LogP contribution in [-0.4, -0.2) is 89.4 Å². The van der Waals surface area contributed by atoms with Crippen molar-refractivity contribution in [3.05, 3.63) is 58.9 Å². The van der Waals surface area contributed by atoms with Gasteiger partial charge in [-0.15, -0.1) is 11.3 Å². The monoisotopic (exact) mass is 699 g/mol. The van der Waals surface area contributed by atoms with Gasteiger partial charge in [0, 0.05) is 42.9 Å². The minimum atomic E-state index is -1.47. The molecule has 0 spiro atoms. The van der Waals surface area contributed by atoms with Crippen LogP contribution in [0.5, 0.6) is 6.01 Å². The van der Waals surface area contributed by atoms with Gasteiger partial charge in [-0.2, -0.15) is 9.97 Å². The molecule has 9 nitrogen and oxygen atoms in total. The molecule has 0 radical (unpaired) electrons. The molecule has 15 heteroatoms. The molecule has 48 heavy (non-hydrogen) atoms. The second kappa shape index (κ2) is 12.0. The van der Waals surface area contributed by atoms with Crippen molar-refractivity contribution in [3.63, 3.8) is 0 Å². The average molecular weight is 700 g/mol. The van der Waals surface area contributed by atoms with E-state index in [0.29, 0.717) is 13.0 Å². The molecule has 2 N–H and O–H groups in total. The predicted molar refractivity (Wildman–Crippen MR) is 178 cm³/mol. The third-order valence-electron chi connectivity index (χ3n) is 9.78. The number of nitrogen functional groups attached to an aromatic ring is 1. The van der Waals surface area contributed by atoms with Crippen molar-refractivity contribution in [1.29, 1.82) is 0 Å². The number of rotatable bonds is 7. The molecule has 4 atom stereocenters. The van der Waals surface area contributed by atoms with Gasteiger partial charge in [-0.05, 0) is 43.2 Å². The standard InChI is InChI=1S/C33H30ClF4N7O2S/c1-4-23(46)44-13-21(37)22(14-44)43(3)31-18-10-19(34)24(17-6-7-20(36)29-25(17)28(40-2)30(39)48-29)26(38)27(18)41-32(42-31)47-15-33-8-5-9-45(33)12-16(35)11-33/h4,6-7,10,16,21-22H,1,5,8-9,11-15,39H2,3H3. The number of likely N-dealkylation sites (tertiary alicyclic amines) is 1. The fourth-order valence-corrected chi connectivity index (χ4v) is 8.69. The predicted octanol–water partition coefficient (Wildman–Crippen LogP) is 6.70. The second-order valence-corrected chi connectivity index (χ2v) is 14.0. The molecule has 5 heterocycles. The highest BCUT2D eigenvalue weighted by Gasteiger charge is 2.49. The number of likely N-dealkylation sites (N-methyl/N-ethyl adjacent to an activating group) is 1. The van der Waals surface area contributed by atoms with Crippen molar-refractivity contribution in [2.45, 2.75) is 43.2 Å². The molecule has 0 aliphatic carbocycles. The molecule has 3 saturated heterocycles. The number of alkyl halides is 2. The molecule has 4 unspecified atom stereocenters. The highest BCUT2D eigenvalue weighted by atomic mass is 35.5. The molecule has 1 amide bonds. The summed E-state index contributed by atoms with van der Waals surface area (Å²) in [4.78, 5) is 29.7. The molecule has 0 saturated carbocycles. The van der Waals surface area contributed by atoms with Gasteiger partial charge < -0.3 is 20.3 Å². The largest absolute Gasteiger partial charge is 0.461 e. The Hall–Kier alpha value is -4.19. The van der Waals surface area contributed by atoms with E-state index in [9.17, 15) is 13.6 Å². The summed E-state index contributed by atoms with van der Waals surface area (Å²) in [5.74, 6) is -1.84. The summed E-state index contributed by atoms with van der Waals surface area (Å²) in [6.45, 7) is 12.1. The fraction of sp³-hybridized carbons (Fsp3) is 0.394. The number of fused-ring (bicyclic) bond motifs is 3. The van der Waals surface area contributed by atoms with Crippen molar-refractivity contribution < 1.29 is 27.1 Å². The fourth-order valence-electron chi connectivity index (χ4n) is 7.46. The van der Waals surface area contributed by atoms with Crippen LogP contribution in [0.4, 0.5) is 34.1 Å². The summed E-state index contributed by atoms with van der Waals surface area (Å²) in [6.07, 6.45) is 0.524. The van der Waals surface area contributed by atoms with Crippen molar-refractivity contribution in [1.82, 2.24) is 19.8 Å². The number of carbonyl (C=O) groups is 1. The lowest BCUT2D eigenvalue weighted by Gasteiger charge is -2.31. The van der Waals surface area contributed by atoms with Gasteiger partial charge in [0.15, 0.2) is 5.82 Å². The van der Waals surface area contributed by atoms with Crippen molar-refractivity contribution in [3.8, 4) is 17.1 Å². The van der Waals surface area contributed by atoms with E-state index in [0.717, 1.165) is 36.4 Å². The molecular weight excluding hydrogens is 670 g/mol. The third-order valence-corrected chi connectivity index (χ3v) is 11.1. The molecule has 3 aliphatic heterocycles. The maximum atomic E-state index is 16.9. The summed E-state index contributed by atoms with van der Waals surface area (Å²) in [7, 11) is 1.58. The van der Waals surface area contributed by atoms with E-state index in [1.807, 2.05) is 0 Å². The van der Waals surface area contributed by atoms with Gasteiger partial charge in [0.1, 0.15) is 36.1 Å². The molecule has 250 valence electrons. The van der Waals surface area contributed by atoms with Gasteiger partial charge in [0.25, 0.3) is 0 Å². The average Bonchev–Trinajstić information content (AvgIpc) is 3.80. The van der Waals surface area contributed by atoms with Crippen LogP contribution in [-0.2, 0) is 4.79 Å². The Morgan fingerprint density at radius 3 is 2.85 bits per heavy atom. The van der Waals surface area contributed by atoms with Crippen molar-refractivity contribution in [2.24, 2.45) is 0 Å². The quantitative estimate of drug-likeness (QED) is 0.130. The number of nitrogens with two attached hydrogens (primary N) is 1. The highest BCUT2D eigenvalue weighted by Crippen LogP contribution is 2.49. The maximum absolute atomic E-state index is 16.9. The van der Waals surface area contributed by atoms with Crippen LogP contribution in [0.1, 0.15) is 19.3 Å². The van der Waals surface area contributed by atoms with Gasteiger partial charge in [0.2, 0.25) is 11.6 Å². The van der Waals surface area contributed by atoms with E-state index < -0.39 is 41.5 Å². The summed E-state index contributed by atoms with van der Waals surface area (Å²) < 4.78 is 68.0. The first kappa shape index (κ1) is 32.4. The normalized spacial score (nSPS) is 23.9. The summed E-state index contributed by atoms with van der Waals surface area (Å²) in [5.41, 5.74) is 5.25. The van der Waals surface area contributed by atoms with E-state index in [2.05, 4.69) is 26.3 Å². The zero-order valence-corrected chi connectivity index (χ0v) is 27.4. The third kappa shape index (κ3) is 5.10. The van der Waals surface area contributed by atoms with Crippen LogP contribution in [0, 0.1) is 18.2 Å². The number of amides is 1. The minimum absolute atomic E-state index is 0.0149. The molecule has 2 aromatic carbocycles. The molecule has 3 aliphatic rings. The Morgan fingerprint density at radius 1 is 1.31 bits per heavy atom. The van der Waals surface area contributed by atoms with Gasteiger partial charge in [-0.25, -0.2) is 22.4 Å². The van der Waals surface area contributed by atoms with Crippen LogP contribution in [0.3, 0.4) is 0 Å². The number of benzene rings is 2. The van der Waals surface area contributed by atoms with Gasteiger partial charge in [0.05, 0.1) is 39.4 Å². The van der Waals surface area contributed by atoms with E-state index in [4.69, 9.17) is 28.6 Å². The Morgan fingerprint density at radius 2 is 2.10 bits per heavy atom. The van der Waals surface area contributed by atoms with Gasteiger partial charge >= 0.3 is 6.01 Å². The van der Waals surface area contributed by atoms with Crippen LogP contribution < -0.4 is 15.4 Å². The first-order valence-electron chi connectivity index (χ1n) is 15.3. The number of thiophene rings is 1. The van der Waals surface area contributed by atoms with Crippen LogP contribution in [0.2, 0.25) is 5.02 Å². The van der Waals surface area contributed by atoms with Gasteiger partial charge in [-0.3, -0.25) is 9.69 Å². The minimum Gasteiger partial charge on any atom is -0.461 e. The van der Waals surface area contributed by atoms with E-state index in [1.165, 1.54) is 21.9 Å². The summed E-state index contributed by atoms with van der Waals surface area (Å²) in [6, 6.07) is 2.85. The molecule has 7 rings (SSSR count). The number of carbonyl (C=O) groups excluding carboxylic acids is 1. The number of ether oxygens (including phenoxy) is 1. The first-order valence-corrected chi connectivity index (χ1v) is 16.5. The zero-order chi connectivity index (χ0) is 34.1. The van der Waals surface area contributed by atoms with Crippen LogP contribution >= 0.6 is 22.9 Å². The summed E-state index contributed by atoms with van der Waals surface area (Å²) >= 11 is 7.65. The van der Waals surface area contributed by atoms with E-state index in [-0.39, 0.29) is 85.8 Å². The number of halogens is 5. The highest BCUT2D eigenvalue weighted by molar-refractivity contribution is 7.23.